The SMILES string of the molecule is CCCN(Cc1ccccc1)C[C@@H](O)COc1cccc(C)c1. The summed E-state index contributed by atoms with van der Waals surface area (Å²) in [4.78, 5) is 2.28. The van der Waals surface area contributed by atoms with Gasteiger partial charge < -0.3 is 9.84 Å². The number of aryl methyl sites for hydroxylation is 1. The average molecular weight is 313 g/mol. The van der Waals surface area contributed by atoms with E-state index >= 15 is 0 Å². The molecule has 2 rings (SSSR count). The third-order valence-corrected chi connectivity index (χ3v) is 3.69. The van der Waals surface area contributed by atoms with E-state index in [2.05, 4.69) is 36.1 Å². The van der Waals surface area contributed by atoms with E-state index in [0.717, 1.165) is 30.8 Å². The summed E-state index contributed by atoms with van der Waals surface area (Å²) in [6, 6.07) is 18.3. The Labute approximate surface area is 139 Å². The van der Waals surface area contributed by atoms with E-state index in [1.165, 1.54) is 5.56 Å². The normalized spacial score (nSPS) is 12.3. The van der Waals surface area contributed by atoms with Crippen LogP contribution in [0.3, 0.4) is 0 Å². The lowest BCUT2D eigenvalue weighted by Gasteiger charge is -2.24. The first-order valence-electron chi connectivity index (χ1n) is 8.31. The van der Waals surface area contributed by atoms with Crippen LogP contribution in [0, 0.1) is 6.92 Å². The van der Waals surface area contributed by atoms with Crippen LogP contribution in [0.5, 0.6) is 5.75 Å². The van der Waals surface area contributed by atoms with Gasteiger partial charge in [0, 0.05) is 13.1 Å². The highest BCUT2D eigenvalue weighted by Gasteiger charge is 2.12. The van der Waals surface area contributed by atoms with Crippen LogP contribution in [0.2, 0.25) is 0 Å². The zero-order valence-electron chi connectivity index (χ0n) is 14.1. The lowest BCUT2D eigenvalue weighted by atomic mass is 10.2. The summed E-state index contributed by atoms with van der Waals surface area (Å²) in [7, 11) is 0. The van der Waals surface area contributed by atoms with E-state index in [0.29, 0.717) is 13.2 Å². The molecule has 0 aromatic heterocycles. The average Bonchev–Trinajstić information content (AvgIpc) is 2.54. The van der Waals surface area contributed by atoms with Crippen LogP contribution in [-0.2, 0) is 6.54 Å². The molecule has 0 fully saturated rings. The number of ether oxygens (including phenoxy) is 1. The van der Waals surface area contributed by atoms with Gasteiger partial charge in [0.2, 0.25) is 0 Å². The van der Waals surface area contributed by atoms with Crippen molar-refractivity contribution < 1.29 is 9.84 Å². The molecule has 0 bridgehead atoms. The summed E-state index contributed by atoms with van der Waals surface area (Å²) >= 11 is 0. The van der Waals surface area contributed by atoms with Gasteiger partial charge in [-0.2, -0.15) is 0 Å². The van der Waals surface area contributed by atoms with Gasteiger partial charge in [-0.15, -0.1) is 0 Å². The summed E-state index contributed by atoms with van der Waals surface area (Å²) in [5.74, 6) is 0.814. The van der Waals surface area contributed by atoms with Crippen molar-refractivity contribution in [3.05, 3.63) is 65.7 Å². The summed E-state index contributed by atoms with van der Waals surface area (Å²) in [6.07, 6.45) is 0.573. The molecule has 0 amide bonds. The number of aliphatic hydroxyl groups excluding tert-OH is 1. The number of rotatable bonds is 9. The van der Waals surface area contributed by atoms with E-state index in [1.54, 1.807) is 0 Å². The smallest absolute Gasteiger partial charge is 0.119 e. The molecule has 3 nitrogen and oxygen atoms in total. The highest BCUT2D eigenvalue weighted by molar-refractivity contribution is 5.27. The number of aliphatic hydroxyl groups is 1. The third kappa shape index (κ3) is 6.43. The summed E-state index contributed by atoms with van der Waals surface area (Å²) < 4.78 is 5.70. The molecule has 2 aromatic rings. The minimum atomic E-state index is -0.495. The lowest BCUT2D eigenvalue weighted by Crippen LogP contribution is -2.35. The Bertz CT molecular complexity index is 571. The van der Waals surface area contributed by atoms with Gasteiger partial charge in [-0.1, -0.05) is 49.4 Å². The molecule has 1 atom stereocenters. The molecule has 0 radical (unpaired) electrons. The Kier molecular flexibility index (Phi) is 7.11. The van der Waals surface area contributed by atoms with Crippen LogP contribution in [-0.4, -0.2) is 35.8 Å². The maximum absolute atomic E-state index is 10.3. The van der Waals surface area contributed by atoms with Crippen molar-refractivity contribution >= 4 is 0 Å². The fourth-order valence-corrected chi connectivity index (χ4v) is 2.64. The Morgan fingerprint density at radius 1 is 1.09 bits per heavy atom. The van der Waals surface area contributed by atoms with Crippen LogP contribution >= 0.6 is 0 Å². The van der Waals surface area contributed by atoms with Gasteiger partial charge in [0.05, 0.1) is 0 Å². The van der Waals surface area contributed by atoms with Crippen LogP contribution in [0.4, 0.5) is 0 Å². The molecule has 0 aliphatic carbocycles. The van der Waals surface area contributed by atoms with Crippen LogP contribution in [0.25, 0.3) is 0 Å². The maximum Gasteiger partial charge on any atom is 0.119 e. The van der Waals surface area contributed by atoms with Crippen molar-refractivity contribution in [2.24, 2.45) is 0 Å². The van der Waals surface area contributed by atoms with Gasteiger partial charge in [0.1, 0.15) is 18.5 Å². The summed E-state index contributed by atoms with van der Waals surface area (Å²) in [5.41, 5.74) is 2.43. The number of hydrogen-bond donors (Lipinski definition) is 1. The second-order valence-corrected chi connectivity index (χ2v) is 6.00. The predicted octanol–water partition coefficient (Wildman–Crippen LogP) is 3.65. The first-order valence-corrected chi connectivity index (χ1v) is 8.31. The Morgan fingerprint density at radius 3 is 2.57 bits per heavy atom. The Balaban J connectivity index is 1.83. The molecule has 0 heterocycles. The molecule has 0 aliphatic heterocycles. The first kappa shape index (κ1) is 17.5. The van der Waals surface area contributed by atoms with E-state index in [-0.39, 0.29) is 0 Å². The van der Waals surface area contributed by atoms with E-state index in [4.69, 9.17) is 4.74 Å². The molecule has 0 saturated carbocycles. The second kappa shape index (κ2) is 9.33. The van der Waals surface area contributed by atoms with Gasteiger partial charge in [0.15, 0.2) is 0 Å². The van der Waals surface area contributed by atoms with Crippen molar-refractivity contribution in [2.45, 2.75) is 32.9 Å². The molecule has 0 unspecified atom stereocenters. The van der Waals surface area contributed by atoms with Crippen LogP contribution in [0.15, 0.2) is 54.6 Å². The predicted molar refractivity (Wildman–Crippen MR) is 94.7 cm³/mol. The third-order valence-electron chi connectivity index (χ3n) is 3.69. The standard InChI is InChI=1S/C20H27NO2/c1-3-12-21(14-18-9-5-4-6-10-18)15-19(22)16-23-20-11-7-8-17(2)13-20/h4-11,13,19,22H,3,12,14-16H2,1-2H3/t19-/m1/s1. The maximum atomic E-state index is 10.3. The summed E-state index contributed by atoms with van der Waals surface area (Å²) in [5, 5.41) is 10.3. The van der Waals surface area contributed by atoms with Crippen molar-refractivity contribution in [2.75, 3.05) is 19.7 Å². The van der Waals surface area contributed by atoms with Gasteiger partial charge in [-0.05, 0) is 43.1 Å². The second-order valence-electron chi connectivity index (χ2n) is 6.00. The number of hydrogen-bond acceptors (Lipinski definition) is 3. The molecule has 3 heteroatoms. The first-order chi connectivity index (χ1) is 11.2. The topological polar surface area (TPSA) is 32.7 Å². The number of nitrogens with zero attached hydrogens (tertiary/aromatic N) is 1. The van der Waals surface area contributed by atoms with Crippen LogP contribution in [0.1, 0.15) is 24.5 Å². The molecular weight excluding hydrogens is 286 g/mol. The number of benzene rings is 2. The molecular formula is C20H27NO2. The molecule has 1 N–H and O–H groups in total. The van der Waals surface area contributed by atoms with E-state index in [9.17, 15) is 5.11 Å². The monoisotopic (exact) mass is 313 g/mol. The molecule has 0 spiro atoms. The Morgan fingerprint density at radius 2 is 1.87 bits per heavy atom. The minimum Gasteiger partial charge on any atom is -0.491 e. The molecule has 2 aromatic carbocycles. The van der Waals surface area contributed by atoms with Gasteiger partial charge in [-0.25, -0.2) is 0 Å². The largest absolute Gasteiger partial charge is 0.491 e. The van der Waals surface area contributed by atoms with Gasteiger partial charge in [0.25, 0.3) is 0 Å². The van der Waals surface area contributed by atoms with Gasteiger partial charge in [-0.3, -0.25) is 4.90 Å². The van der Waals surface area contributed by atoms with Crippen molar-refractivity contribution in [3.8, 4) is 5.75 Å². The summed E-state index contributed by atoms with van der Waals surface area (Å²) in [6.45, 7) is 6.96. The zero-order valence-corrected chi connectivity index (χ0v) is 14.1. The Hall–Kier alpha value is -1.84. The highest BCUT2D eigenvalue weighted by Crippen LogP contribution is 2.13. The molecule has 0 aliphatic rings. The molecule has 124 valence electrons. The van der Waals surface area contributed by atoms with E-state index < -0.39 is 6.10 Å². The fraction of sp³-hybridized carbons (Fsp3) is 0.400. The van der Waals surface area contributed by atoms with Crippen molar-refractivity contribution in [3.63, 3.8) is 0 Å². The molecule has 0 saturated heterocycles. The minimum absolute atomic E-state index is 0.318. The highest BCUT2D eigenvalue weighted by atomic mass is 16.5. The van der Waals surface area contributed by atoms with Crippen molar-refractivity contribution in [1.82, 2.24) is 4.90 Å². The van der Waals surface area contributed by atoms with Gasteiger partial charge >= 0.3 is 0 Å². The van der Waals surface area contributed by atoms with Crippen LogP contribution < -0.4 is 4.74 Å². The lowest BCUT2D eigenvalue weighted by molar-refractivity contribution is 0.0656. The van der Waals surface area contributed by atoms with E-state index in [1.807, 2.05) is 37.3 Å². The fourth-order valence-electron chi connectivity index (χ4n) is 2.64. The molecule has 23 heavy (non-hydrogen) atoms. The quantitative estimate of drug-likeness (QED) is 0.767. The zero-order chi connectivity index (χ0) is 16.5. The van der Waals surface area contributed by atoms with Crippen molar-refractivity contribution in [1.29, 1.82) is 0 Å².